The van der Waals surface area contributed by atoms with Crippen LogP contribution < -0.4 is 4.74 Å². The summed E-state index contributed by atoms with van der Waals surface area (Å²) in [6, 6.07) is 14.1. The van der Waals surface area contributed by atoms with Crippen LogP contribution in [-0.2, 0) is 11.2 Å². The van der Waals surface area contributed by atoms with Gasteiger partial charge >= 0.3 is 5.97 Å². The monoisotopic (exact) mass is 340 g/mol. The number of aliphatic hydroxyl groups is 2. The molecule has 4 heteroatoms. The van der Waals surface area contributed by atoms with Crippen molar-refractivity contribution >= 4 is 5.97 Å². The third-order valence-corrected chi connectivity index (χ3v) is 4.04. The highest BCUT2D eigenvalue weighted by Crippen LogP contribution is 2.40. The second-order valence-corrected chi connectivity index (χ2v) is 6.72. The standard InChI is InChI=1S/C16H12O2.C5H12O2/c1-2-16(17)18-15-9-5-8-13-12-7-4-3-6-11(12)10-14(13)15;1-5(2,3-6)4-7/h2-9H,1,10H2;6-7H,3-4H2,1-2H3. The largest absolute Gasteiger partial charge is 0.423 e. The predicted octanol–water partition coefficient (Wildman–Crippen LogP) is 3.35. The zero-order chi connectivity index (χ0) is 18.4. The van der Waals surface area contributed by atoms with Crippen molar-refractivity contribution in [3.8, 4) is 16.9 Å². The lowest BCUT2D eigenvalue weighted by atomic mass is 9.97. The van der Waals surface area contributed by atoms with Gasteiger partial charge < -0.3 is 14.9 Å². The van der Waals surface area contributed by atoms with Gasteiger partial charge in [0.1, 0.15) is 5.75 Å². The van der Waals surface area contributed by atoms with Gasteiger partial charge in [0.2, 0.25) is 0 Å². The fourth-order valence-corrected chi connectivity index (χ4v) is 2.42. The van der Waals surface area contributed by atoms with Gasteiger partial charge in [0.15, 0.2) is 0 Å². The Labute approximate surface area is 148 Å². The maximum Gasteiger partial charge on any atom is 0.335 e. The van der Waals surface area contributed by atoms with Gasteiger partial charge in [0, 0.05) is 23.5 Å². The Morgan fingerprint density at radius 2 is 1.76 bits per heavy atom. The fourth-order valence-electron chi connectivity index (χ4n) is 2.42. The lowest BCUT2D eigenvalue weighted by Crippen LogP contribution is -2.20. The normalized spacial score (nSPS) is 11.7. The Balaban J connectivity index is 0.000000277. The Morgan fingerprint density at radius 3 is 2.36 bits per heavy atom. The van der Waals surface area contributed by atoms with E-state index in [2.05, 4.69) is 24.8 Å². The summed E-state index contributed by atoms with van der Waals surface area (Å²) < 4.78 is 5.28. The van der Waals surface area contributed by atoms with Gasteiger partial charge in [-0.15, -0.1) is 0 Å². The van der Waals surface area contributed by atoms with Crippen LogP contribution in [0.15, 0.2) is 55.1 Å². The minimum absolute atomic E-state index is 0.0451. The van der Waals surface area contributed by atoms with Crippen LogP contribution in [0.5, 0.6) is 5.75 Å². The van der Waals surface area contributed by atoms with Crippen molar-refractivity contribution in [1.82, 2.24) is 0 Å². The number of hydrogen-bond acceptors (Lipinski definition) is 4. The number of esters is 1. The molecule has 2 N–H and O–H groups in total. The molecule has 1 aliphatic rings. The molecule has 0 unspecified atom stereocenters. The number of benzene rings is 2. The van der Waals surface area contributed by atoms with Gasteiger partial charge in [-0.25, -0.2) is 4.79 Å². The molecule has 2 aromatic rings. The van der Waals surface area contributed by atoms with Crippen molar-refractivity contribution in [2.24, 2.45) is 5.41 Å². The van der Waals surface area contributed by atoms with E-state index in [0.29, 0.717) is 5.75 Å². The minimum Gasteiger partial charge on any atom is -0.423 e. The number of aliphatic hydroxyl groups excluding tert-OH is 2. The van der Waals surface area contributed by atoms with Gasteiger partial charge in [-0.3, -0.25) is 0 Å². The zero-order valence-electron chi connectivity index (χ0n) is 14.7. The van der Waals surface area contributed by atoms with Crippen LogP contribution in [0.4, 0.5) is 0 Å². The average molecular weight is 340 g/mol. The van der Waals surface area contributed by atoms with Gasteiger partial charge in [-0.05, 0) is 22.8 Å². The zero-order valence-corrected chi connectivity index (χ0v) is 14.7. The third kappa shape index (κ3) is 4.56. The fraction of sp³-hybridized carbons (Fsp3) is 0.286. The molecule has 0 fully saturated rings. The highest BCUT2D eigenvalue weighted by Gasteiger charge is 2.21. The molecule has 2 aromatic carbocycles. The molecule has 0 atom stereocenters. The lowest BCUT2D eigenvalue weighted by molar-refractivity contribution is -0.129. The van der Waals surface area contributed by atoms with Crippen molar-refractivity contribution in [2.75, 3.05) is 13.2 Å². The third-order valence-electron chi connectivity index (χ3n) is 4.04. The number of carbonyl (C=O) groups excluding carboxylic acids is 1. The molecule has 0 aliphatic heterocycles. The molecule has 132 valence electrons. The summed E-state index contributed by atoms with van der Waals surface area (Å²) in [5, 5.41) is 16.9. The van der Waals surface area contributed by atoms with Crippen LogP contribution in [-0.4, -0.2) is 29.4 Å². The van der Waals surface area contributed by atoms with E-state index < -0.39 is 5.97 Å². The van der Waals surface area contributed by atoms with Crippen molar-refractivity contribution in [3.63, 3.8) is 0 Å². The summed E-state index contributed by atoms with van der Waals surface area (Å²) in [6.07, 6.45) is 1.99. The van der Waals surface area contributed by atoms with E-state index in [1.54, 1.807) is 13.8 Å². The van der Waals surface area contributed by atoms with Gasteiger partial charge in [0.05, 0.1) is 13.2 Å². The van der Waals surface area contributed by atoms with Crippen LogP contribution in [0, 0.1) is 5.41 Å². The molecule has 0 aromatic heterocycles. The van der Waals surface area contributed by atoms with E-state index in [9.17, 15) is 4.79 Å². The Bertz CT molecular complexity index is 756. The van der Waals surface area contributed by atoms with Crippen molar-refractivity contribution < 1.29 is 19.7 Å². The maximum atomic E-state index is 11.3. The maximum absolute atomic E-state index is 11.3. The van der Waals surface area contributed by atoms with E-state index in [1.165, 1.54) is 17.2 Å². The van der Waals surface area contributed by atoms with Gasteiger partial charge in [-0.1, -0.05) is 56.8 Å². The molecule has 1 aliphatic carbocycles. The summed E-state index contributed by atoms with van der Waals surface area (Å²) in [5.41, 5.74) is 4.42. The van der Waals surface area contributed by atoms with Crippen LogP contribution in [0.3, 0.4) is 0 Å². The number of rotatable bonds is 4. The smallest absolute Gasteiger partial charge is 0.335 e. The summed E-state index contributed by atoms with van der Waals surface area (Å²) >= 11 is 0. The molecule has 4 nitrogen and oxygen atoms in total. The van der Waals surface area contributed by atoms with Crippen LogP contribution in [0.2, 0.25) is 0 Å². The van der Waals surface area contributed by atoms with E-state index in [-0.39, 0.29) is 18.6 Å². The highest BCUT2D eigenvalue weighted by molar-refractivity contribution is 5.85. The van der Waals surface area contributed by atoms with Gasteiger partial charge in [-0.2, -0.15) is 0 Å². The minimum atomic E-state index is -0.417. The predicted molar refractivity (Wildman–Crippen MR) is 98.5 cm³/mol. The molecule has 0 bridgehead atoms. The second-order valence-electron chi connectivity index (χ2n) is 6.72. The van der Waals surface area contributed by atoms with E-state index in [4.69, 9.17) is 14.9 Å². The number of fused-ring (bicyclic) bond motifs is 3. The molecular weight excluding hydrogens is 316 g/mol. The first kappa shape index (κ1) is 18.9. The molecule has 0 saturated carbocycles. The molecule has 0 radical (unpaired) electrons. The summed E-state index contributed by atoms with van der Waals surface area (Å²) in [5.74, 6) is 0.216. The van der Waals surface area contributed by atoms with Gasteiger partial charge in [0.25, 0.3) is 0 Å². The topological polar surface area (TPSA) is 66.8 Å². The first-order valence-electron chi connectivity index (χ1n) is 8.18. The van der Waals surface area contributed by atoms with Crippen LogP contribution in [0.25, 0.3) is 11.1 Å². The second kappa shape index (κ2) is 8.10. The molecule has 0 heterocycles. The van der Waals surface area contributed by atoms with E-state index >= 15 is 0 Å². The summed E-state index contributed by atoms with van der Waals surface area (Å²) in [7, 11) is 0. The average Bonchev–Trinajstić information content (AvgIpc) is 3.02. The van der Waals surface area contributed by atoms with Crippen molar-refractivity contribution in [1.29, 1.82) is 0 Å². The molecule has 25 heavy (non-hydrogen) atoms. The summed E-state index contributed by atoms with van der Waals surface area (Å²) in [4.78, 5) is 11.3. The van der Waals surface area contributed by atoms with Crippen molar-refractivity contribution in [2.45, 2.75) is 20.3 Å². The first-order chi connectivity index (χ1) is 11.9. The van der Waals surface area contributed by atoms with E-state index in [1.807, 2.05) is 24.3 Å². The number of hydrogen-bond donors (Lipinski definition) is 2. The highest BCUT2D eigenvalue weighted by atomic mass is 16.5. The molecule has 0 amide bonds. The lowest BCUT2D eigenvalue weighted by Gasteiger charge is -2.16. The number of carbonyl (C=O) groups is 1. The number of ether oxygens (including phenoxy) is 1. The molecule has 0 saturated heterocycles. The first-order valence-corrected chi connectivity index (χ1v) is 8.18. The Morgan fingerprint density at radius 1 is 1.12 bits per heavy atom. The van der Waals surface area contributed by atoms with Crippen LogP contribution >= 0.6 is 0 Å². The Kier molecular flexibility index (Phi) is 6.12. The van der Waals surface area contributed by atoms with Crippen LogP contribution in [0.1, 0.15) is 25.0 Å². The Hall–Kier alpha value is -2.43. The molecular formula is C21H24O4. The summed E-state index contributed by atoms with van der Waals surface area (Å²) in [6.45, 7) is 7.10. The van der Waals surface area contributed by atoms with E-state index in [0.717, 1.165) is 17.5 Å². The quantitative estimate of drug-likeness (QED) is 0.434. The molecule has 0 spiro atoms. The van der Waals surface area contributed by atoms with Crippen molar-refractivity contribution in [3.05, 3.63) is 66.2 Å². The SMILES string of the molecule is C=CC(=O)Oc1cccc2c1Cc1ccccc1-2.CC(C)(CO)CO. The molecule has 3 rings (SSSR count).